The van der Waals surface area contributed by atoms with Crippen LogP contribution in [0, 0.1) is 5.92 Å². The third-order valence-corrected chi connectivity index (χ3v) is 6.94. The van der Waals surface area contributed by atoms with Crippen LogP contribution < -0.4 is 5.32 Å². The minimum absolute atomic E-state index is 0.0319. The average Bonchev–Trinajstić information content (AvgIpc) is 3.35. The first-order valence-corrected chi connectivity index (χ1v) is 12.4. The molecule has 4 rings (SSSR count). The summed E-state index contributed by atoms with van der Waals surface area (Å²) in [5.74, 6) is 1.21. The Balaban J connectivity index is 1.45. The number of nitrogens with one attached hydrogen (secondary N) is 1. The van der Waals surface area contributed by atoms with Crippen molar-refractivity contribution in [2.24, 2.45) is 5.92 Å². The molecule has 1 aromatic carbocycles. The molecule has 180 valence electrons. The zero-order valence-electron chi connectivity index (χ0n) is 19.9. The number of nitrogens with zero attached hydrogens (tertiary/aromatic N) is 4. The van der Waals surface area contributed by atoms with Gasteiger partial charge >= 0.3 is 5.97 Å². The summed E-state index contributed by atoms with van der Waals surface area (Å²) in [6.07, 6.45) is 0.470. The standard InChI is InChI=1S/C25H31N5O3S/c1-17(2)23(25(32)33-3)28-24-19-8-4-5-9-20(19)26-21(27-24)16-29-10-12-30(13-11-29)22(31)15-18-7-6-14-34-18/h4-9,14,17,23H,10-13,15-16H2,1-3H3,(H,26,27,28)/t23-/m0/s1. The van der Waals surface area contributed by atoms with E-state index < -0.39 is 6.04 Å². The summed E-state index contributed by atoms with van der Waals surface area (Å²) >= 11 is 1.62. The Bertz CT molecular complexity index is 1130. The van der Waals surface area contributed by atoms with Gasteiger partial charge in [0, 0.05) is 36.4 Å². The first-order chi connectivity index (χ1) is 16.4. The molecule has 1 aliphatic heterocycles. The number of anilines is 1. The lowest BCUT2D eigenvalue weighted by atomic mass is 10.0. The zero-order chi connectivity index (χ0) is 24.1. The van der Waals surface area contributed by atoms with E-state index in [1.54, 1.807) is 11.3 Å². The smallest absolute Gasteiger partial charge is 0.328 e. The van der Waals surface area contributed by atoms with Crippen molar-refractivity contribution in [1.82, 2.24) is 19.8 Å². The van der Waals surface area contributed by atoms with E-state index in [0.717, 1.165) is 28.9 Å². The zero-order valence-corrected chi connectivity index (χ0v) is 20.7. The van der Waals surface area contributed by atoms with E-state index in [2.05, 4.69) is 10.2 Å². The van der Waals surface area contributed by atoms with Gasteiger partial charge in [-0.1, -0.05) is 32.0 Å². The van der Waals surface area contributed by atoms with Crippen LogP contribution >= 0.6 is 11.3 Å². The summed E-state index contributed by atoms with van der Waals surface area (Å²) in [5.41, 5.74) is 0.826. The summed E-state index contributed by atoms with van der Waals surface area (Å²) < 4.78 is 4.99. The molecule has 0 spiro atoms. The maximum Gasteiger partial charge on any atom is 0.328 e. The highest BCUT2D eigenvalue weighted by atomic mass is 32.1. The molecule has 2 aromatic heterocycles. The van der Waals surface area contributed by atoms with Gasteiger partial charge < -0.3 is 15.0 Å². The van der Waals surface area contributed by atoms with E-state index in [4.69, 9.17) is 14.7 Å². The minimum atomic E-state index is -0.506. The lowest BCUT2D eigenvalue weighted by Crippen LogP contribution is -2.48. The Morgan fingerprint density at radius 3 is 2.53 bits per heavy atom. The van der Waals surface area contributed by atoms with E-state index in [1.165, 1.54) is 7.11 Å². The quantitative estimate of drug-likeness (QED) is 0.495. The number of fused-ring (bicyclic) bond motifs is 1. The SMILES string of the molecule is COC(=O)[C@@H](Nc1nc(CN2CCN(C(=O)Cc3cccs3)CC2)nc2ccccc12)C(C)C. The number of esters is 1. The molecule has 1 aliphatic rings. The van der Waals surface area contributed by atoms with Crippen LogP contribution in [0.1, 0.15) is 24.5 Å². The van der Waals surface area contributed by atoms with E-state index in [9.17, 15) is 9.59 Å². The molecular formula is C25H31N5O3S. The third kappa shape index (κ3) is 5.71. The predicted octanol–water partition coefficient (Wildman–Crippen LogP) is 3.19. The molecule has 3 aromatic rings. The van der Waals surface area contributed by atoms with Gasteiger partial charge in [0.1, 0.15) is 17.7 Å². The minimum Gasteiger partial charge on any atom is -0.467 e. The van der Waals surface area contributed by atoms with Crippen molar-refractivity contribution < 1.29 is 14.3 Å². The lowest BCUT2D eigenvalue weighted by Gasteiger charge is -2.34. The number of thiophene rings is 1. The Kier molecular flexibility index (Phi) is 7.74. The molecule has 1 saturated heterocycles. The van der Waals surface area contributed by atoms with Crippen molar-refractivity contribution >= 4 is 39.9 Å². The van der Waals surface area contributed by atoms with Crippen LogP contribution in [0.25, 0.3) is 10.9 Å². The molecule has 1 fully saturated rings. The molecule has 0 radical (unpaired) electrons. The lowest BCUT2D eigenvalue weighted by molar-refractivity contribution is -0.142. The largest absolute Gasteiger partial charge is 0.467 e. The second-order valence-electron chi connectivity index (χ2n) is 8.81. The molecule has 1 atom stereocenters. The Morgan fingerprint density at radius 2 is 1.85 bits per heavy atom. The van der Waals surface area contributed by atoms with Crippen molar-refractivity contribution in [2.45, 2.75) is 32.9 Å². The molecule has 0 aliphatic carbocycles. The fourth-order valence-corrected chi connectivity index (χ4v) is 4.80. The van der Waals surface area contributed by atoms with Crippen molar-refractivity contribution in [2.75, 3.05) is 38.6 Å². The summed E-state index contributed by atoms with van der Waals surface area (Å²) in [7, 11) is 1.40. The molecule has 34 heavy (non-hydrogen) atoms. The van der Waals surface area contributed by atoms with E-state index in [1.807, 2.05) is 60.5 Å². The molecule has 0 saturated carbocycles. The van der Waals surface area contributed by atoms with E-state index in [0.29, 0.717) is 37.7 Å². The fraction of sp³-hybridized carbons (Fsp3) is 0.440. The van der Waals surface area contributed by atoms with Crippen molar-refractivity contribution in [1.29, 1.82) is 0 Å². The van der Waals surface area contributed by atoms with Gasteiger partial charge in [-0.05, 0) is 29.5 Å². The van der Waals surface area contributed by atoms with Crippen LogP contribution in [0.2, 0.25) is 0 Å². The highest BCUT2D eigenvalue weighted by molar-refractivity contribution is 7.10. The van der Waals surface area contributed by atoms with E-state index in [-0.39, 0.29) is 17.8 Å². The van der Waals surface area contributed by atoms with Crippen LogP contribution in [0.15, 0.2) is 41.8 Å². The number of para-hydroxylation sites is 1. The molecule has 9 heteroatoms. The first-order valence-electron chi connectivity index (χ1n) is 11.6. The number of hydrogen-bond donors (Lipinski definition) is 1. The number of methoxy groups -OCH3 is 1. The average molecular weight is 482 g/mol. The highest BCUT2D eigenvalue weighted by Gasteiger charge is 2.25. The Labute approximate surface area is 203 Å². The summed E-state index contributed by atoms with van der Waals surface area (Å²) in [5, 5.41) is 6.16. The Hall–Kier alpha value is -3.04. The van der Waals surface area contributed by atoms with Gasteiger partial charge in [0.25, 0.3) is 0 Å². The number of carbonyl (C=O) groups excluding carboxylic acids is 2. The summed E-state index contributed by atoms with van der Waals surface area (Å²) in [6.45, 7) is 7.45. The number of carbonyl (C=O) groups is 2. The van der Waals surface area contributed by atoms with Crippen LogP contribution in [-0.4, -0.2) is 71.0 Å². The Morgan fingerprint density at radius 1 is 1.09 bits per heavy atom. The number of aromatic nitrogens is 2. The van der Waals surface area contributed by atoms with E-state index >= 15 is 0 Å². The molecular weight excluding hydrogens is 450 g/mol. The van der Waals surface area contributed by atoms with Crippen molar-refractivity contribution in [3.05, 3.63) is 52.5 Å². The van der Waals surface area contributed by atoms with Crippen molar-refractivity contribution in [3.63, 3.8) is 0 Å². The molecule has 1 N–H and O–H groups in total. The van der Waals surface area contributed by atoms with Gasteiger partial charge in [0.2, 0.25) is 5.91 Å². The normalized spacial score (nSPS) is 15.5. The van der Waals surface area contributed by atoms with Crippen LogP contribution in [-0.2, 0) is 27.3 Å². The second kappa shape index (κ2) is 10.9. The van der Waals surface area contributed by atoms with Crippen LogP contribution in [0.4, 0.5) is 5.82 Å². The number of amides is 1. The second-order valence-corrected chi connectivity index (χ2v) is 9.84. The van der Waals surface area contributed by atoms with Gasteiger partial charge in [-0.3, -0.25) is 9.69 Å². The molecule has 0 bridgehead atoms. The molecule has 1 amide bonds. The monoisotopic (exact) mass is 481 g/mol. The number of rotatable bonds is 8. The highest BCUT2D eigenvalue weighted by Crippen LogP contribution is 2.23. The number of hydrogen-bond acceptors (Lipinski definition) is 8. The molecule has 3 heterocycles. The van der Waals surface area contributed by atoms with Gasteiger partial charge in [0.05, 0.1) is 25.6 Å². The van der Waals surface area contributed by atoms with Crippen LogP contribution in [0.3, 0.4) is 0 Å². The third-order valence-electron chi connectivity index (χ3n) is 6.06. The molecule has 8 nitrogen and oxygen atoms in total. The first kappa shape index (κ1) is 24.1. The topological polar surface area (TPSA) is 87.7 Å². The maximum absolute atomic E-state index is 12.6. The van der Waals surface area contributed by atoms with Gasteiger partial charge in [-0.15, -0.1) is 11.3 Å². The summed E-state index contributed by atoms with van der Waals surface area (Å²) in [4.78, 5) is 39.8. The van der Waals surface area contributed by atoms with Gasteiger partial charge in [-0.2, -0.15) is 0 Å². The molecule has 0 unspecified atom stereocenters. The number of piperazine rings is 1. The number of benzene rings is 1. The van der Waals surface area contributed by atoms with Crippen molar-refractivity contribution in [3.8, 4) is 0 Å². The summed E-state index contributed by atoms with van der Waals surface area (Å²) in [6, 6.07) is 11.3. The number of ether oxygens (including phenoxy) is 1. The van der Waals surface area contributed by atoms with Crippen LogP contribution in [0.5, 0.6) is 0 Å². The predicted molar refractivity (Wildman–Crippen MR) is 134 cm³/mol. The fourth-order valence-electron chi connectivity index (χ4n) is 4.11. The maximum atomic E-state index is 12.6. The van der Waals surface area contributed by atoms with Gasteiger partial charge in [0.15, 0.2) is 0 Å². The van der Waals surface area contributed by atoms with Gasteiger partial charge in [-0.25, -0.2) is 14.8 Å².